The number of anilines is 1. The normalized spacial score (nSPS) is 11.2. The number of thiazole rings is 1. The van der Waals surface area contributed by atoms with E-state index in [0.717, 1.165) is 29.8 Å². The zero-order valence-electron chi connectivity index (χ0n) is 15.8. The number of nitriles is 1. The molecule has 0 aliphatic carbocycles. The van der Waals surface area contributed by atoms with Crippen LogP contribution < -0.4 is 10.1 Å². The quantitative estimate of drug-likeness (QED) is 0.293. The minimum atomic E-state index is 0.434. The van der Waals surface area contributed by atoms with Crippen molar-refractivity contribution in [2.24, 2.45) is 0 Å². The Morgan fingerprint density at radius 1 is 1.28 bits per heavy atom. The van der Waals surface area contributed by atoms with Crippen molar-refractivity contribution < 1.29 is 4.74 Å². The van der Waals surface area contributed by atoms with Gasteiger partial charge in [0.25, 0.3) is 0 Å². The average molecular weight is 444 g/mol. The molecule has 0 saturated carbocycles. The van der Waals surface area contributed by atoms with Gasteiger partial charge in [-0.3, -0.25) is 0 Å². The third kappa shape index (κ3) is 5.74. The summed E-state index contributed by atoms with van der Waals surface area (Å²) in [6.45, 7) is 2.81. The lowest BCUT2D eigenvalue weighted by molar-refractivity contribution is 0.309. The smallest absolute Gasteiger partial charge is 0.136 e. The Kier molecular flexibility index (Phi) is 7.54. The second-order valence-electron chi connectivity index (χ2n) is 6.21. The van der Waals surface area contributed by atoms with Crippen LogP contribution in [0.2, 0.25) is 10.0 Å². The molecule has 1 aromatic heterocycles. The molecule has 0 radical (unpaired) electrons. The van der Waals surface area contributed by atoms with Crippen molar-refractivity contribution in [3.05, 3.63) is 69.1 Å². The fraction of sp³-hybridized carbons (Fsp3) is 0.182. The van der Waals surface area contributed by atoms with E-state index in [1.54, 1.807) is 18.3 Å². The summed E-state index contributed by atoms with van der Waals surface area (Å²) in [5, 5.41) is 16.3. The van der Waals surface area contributed by atoms with Crippen LogP contribution in [0.15, 0.2) is 54.0 Å². The lowest BCUT2D eigenvalue weighted by Gasteiger charge is -2.07. The Labute approximate surface area is 184 Å². The minimum Gasteiger partial charge on any atom is -0.494 e. The van der Waals surface area contributed by atoms with E-state index in [1.165, 1.54) is 11.3 Å². The molecule has 1 N–H and O–H groups in total. The van der Waals surface area contributed by atoms with Crippen molar-refractivity contribution >= 4 is 45.8 Å². The van der Waals surface area contributed by atoms with Gasteiger partial charge in [-0.2, -0.15) is 5.26 Å². The zero-order valence-corrected chi connectivity index (χ0v) is 18.1. The highest BCUT2D eigenvalue weighted by atomic mass is 35.5. The average Bonchev–Trinajstić information content (AvgIpc) is 3.19. The van der Waals surface area contributed by atoms with Gasteiger partial charge in [0.2, 0.25) is 0 Å². The first kappa shape index (κ1) is 21.2. The number of aromatic nitrogens is 1. The molecule has 2 aromatic carbocycles. The Morgan fingerprint density at radius 2 is 2.14 bits per heavy atom. The predicted molar refractivity (Wildman–Crippen MR) is 122 cm³/mol. The van der Waals surface area contributed by atoms with Gasteiger partial charge in [0.05, 0.1) is 17.3 Å². The predicted octanol–water partition coefficient (Wildman–Crippen LogP) is 7.27. The number of hydrogen-bond acceptors (Lipinski definition) is 5. The van der Waals surface area contributed by atoms with Gasteiger partial charge in [0.1, 0.15) is 22.4 Å². The highest BCUT2D eigenvalue weighted by Crippen LogP contribution is 2.32. The molecule has 0 saturated heterocycles. The molecule has 1 heterocycles. The molecule has 29 heavy (non-hydrogen) atoms. The fourth-order valence-corrected chi connectivity index (χ4v) is 3.82. The van der Waals surface area contributed by atoms with Gasteiger partial charge >= 0.3 is 0 Å². The standard InChI is InChI=1S/C22H19Cl2N3OS/c1-2-3-9-28-18-6-4-5-17(11-18)26-13-15(12-25)22-27-21(14-29-22)19-8-7-16(23)10-20(19)24/h4-8,10-11,13-14,26H,2-3,9H2,1H3/b15-13+. The van der Waals surface area contributed by atoms with Crippen molar-refractivity contribution in [1.29, 1.82) is 5.26 Å². The summed E-state index contributed by atoms with van der Waals surface area (Å²) >= 11 is 13.6. The lowest BCUT2D eigenvalue weighted by Crippen LogP contribution is -1.97. The first-order chi connectivity index (χ1) is 14.1. The Morgan fingerprint density at radius 3 is 2.90 bits per heavy atom. The van der Waals surface area contributed by atoms with Crippen molar-refractivity contribution in [3.8, 4) is 23.1 Å². The number of ether oxygens (including phenoxy) is 1. The molecular weight excluding hydrogens is 425 g/mol. The largest absolute Gasteiger partial charge is 0.494 e. The maximum atomic E-state index is 9.57. The third-order valence-corrected chi connectivity index (χ3v) is 5.47. The van der Waals surface area contributed by atoms with Crippen molar-refractivity contribution in [2.75, 3.05) is 11.9 Å². The second-order valence-corrected chi connectivity index (χ2v) is 7.91. The molecule has 3 aromatic rings. The van der Waals surface area contributed by atoms with Gasteiger partial charge in [-0.1, -0.05) is 42.6 Å². The Balaban J connectivity index is 1.75. The minimum absolute atomic E-state index is 0.434. The van der Waals surface area contributed by atoms with E-state index in [0.29, 0.717) is 32.9 Å². The molecule has 0 fully saturated rings. The molecular formula is C22H19Cl2N3OS. The second kappa shape index (κ2) is 10.3. The van der Waals surface area contributed by atoms with E-state index >= 15 is 0 Å². The van der Waals surface area contributed by atoms with E-state index in [4.69, 9.17) is 27.9 Å². The van der Waals surface area contributed by atoms with Gasteiger partial charge in [0, 0.05) is 33.9 Å². The van der Waals surface area contributed by atoms with Crippen molar-refractivity contribution in [3.63, 3.8) is 0 Å². The van der Waals surface area contributed by atoms with Crippen molar-refractivity contribution in [1.82, 2.24) is 4.98 Å². The molecule has 0 bridgehead atoms. The molecule has 0 atom stereocenters. The summed E-state index contributed by atoms with van der Waals surface area (Å²) < 4.78 is 5.72. The van der Waals surface area contributed by atoms with Gasteiger partial charge in [0.15, 0.2) is 0 Å². The van der Waals surface area contributed by atoms with Crippen LogP contribution in [0.25, 0.3) is 16.8 Å². The molecule has 7 heteroatoms. The number of allylic oxidation sites excluding steroid dienone is 1. The van der Waals surface area contributed by atoms with Gasteiger partial charge in [-0.05, 0) is 36.8 Å². The number of nitrogens with zero attached hydrogens (tertiary/aromatic N) is 2. The van der Waals surface area contributed by atoms with Crippen LogP contribution in [0.4, 0.5) is 5.69 Å². The summed E-state index contributed by atoms with van der Waals surface area (Å²) in [4.78, 5) is 4.56. The topological polar surface area (TPSA) is 57.9 Å². The van der Waals surface area contributed by atoms with Crippen LogP contribution in [0.1, 0.15) is 24.8 Å². The van der Waals surface area contributed by atoms with E-state index in [1.807, 2.05) is 35.7 Å². The Bertz CT molecular complexity index is 1060. The van der Waals surface area contributed by atoms with Gasteiger partial charge in [-0.25, -0.2) is 4.98 Å². The zero-order chi connectivity index (χ0) is 20.6. The van der Waals surface area contributed by atoms with E-state index < -0.39 is 0 Å². The van der Waals surface area contributed by atoms with Crippen LogP contribution in [-0.4, -0.2) is 11.6 Å². The molecule has 3 rings (SSSR count). The summed E-state index contributed by atoms with van der Waals surface area (Å²) in [5.41, 5.74) is 2.76. The van der Waals surface area contributed by atoms with Crippen LogP contribution in [0.3, 0.4) is 0 Å². The van der Waals surface area contributed by atoms with Crippen LogP contribution in [0.5, 0.6) is 5.75 Å². The highest BCUT2D eigenvalue weighted by Gasteiger charge is 2.12. The summed E-state index contributed by atoms with van der Waals surface area (Å²) in [5.74, 6) is 0.796. The molecule has 0 amide bonds. The SMILES string of the molecule is CCCCOc1cccc(N/C=C(\C#N)c2nc(-c3ccc(Cl)cc3Cl)cs2)c1. The van der Waals surface area contributed by atoms with E-state index in [9.17, 15) is 5.26 Å². The maximum absolute atomic E-state index is 9.57. The molecule has 0 aliphatic rings. The molecule has 148 valence electrons. The summed E-state index contributed by atoms with van der Waals surface area (Å²) in [6.07, 6.45) is 3.75. The number of hydrogen-bond donors (Lipinski definition) is 1. The molecule has 0 spiro atoms. The van der Waals surface area contributed by atoms with Crippen LogP contribution in [-0.2, 0) is 0 Å². The third-order valence-electron chi connectivity index (χ3n) is 4.05. The van der Waals surface area contributed by atoms with Crippen LogP contribution >= 0.6 is 34.5 Å². The summed E-state index contributed by atoms with van der Waals surface area (Å²) in [6, 6.07) is 15.1. The number of benzene rings is 2. The number of rotatable bonds is 8. The number of unbranched alkanes of at least 4 members (excludes halogenated alkanes) is 1. The number of halogens is 2. The van der Waals surface area contributed by atoms with Gasteiger partial charge < -0.3 is 10.1 Å². The highest BCUT2D eigenvalue weighted by molar-refractivity contribution is 7.11. The Hall–Kier alpha value is -2.52. The molecule has 0 unspecified atom stereocenters. The first-order valence-corrected chi connectivity index (χ1v) is 10.7. The van der Waals surface area contributed by atoms with Gasteiger partial charge in [-0.15, -0.1) is 11.3 Å². The first-order valence-electron chi connectivity index (χ1n) is 9.11. The summed E-state index contributed by atoms with van der Waals surface area (Å²) in [7, 11) is 0. The molecule has 0 aliphatic heterocycles. The van der Waals surface area contributed by atoms with Crippen molar-refractivity contribution in [2.45, 2.75) is 19.8 Å². The van der Waals surface area contributed by atoms with E-state index in [2.05, 4.69) is 23.3 Å². The lowest BCUT2D eigenvalue weighted by atomic mass is 10.2. The fourth-order valence-electron chi connectivity index (χ4n) is 2.53. The molecule has 4 nitrogen and oxygen atoms in total. The maximum Gasteiger partial charge on any atom is 0.136 e. The monoisotopic (exact) mass is 443 g/mol. The van der Waals surface area contributed by atoms with E-state index in [-0.39, 0.29) is 0 Å². The van der Waals surface area contributed by atoms with Crippen LogP contribution in [0, 0.1) is 11.3 Å². The number of nitrogens with one attached hydrogen (secondary N) is 1.